The minimum atomic E-state index is -0.559. The highest BCUT2D eigenvalue weighted by Gasteiger charge is 2.53. The van der Waals surface area contributed by atoms with Crippen molar-refractivity contribution in [3.05, 3.63) is 211 Å². The summed E-state index contributed by atoms with van der Waals surface area (Å²) in [6.45, 7) is 13.7. The van der Waals surface area contributed by atoms with Gasteiger partial charge in [0.2, 0.25) is 0 Å². The van der Waals surface area contributed by atoms with Gasteiger partial charge in [0.25, 0.3) is 0 Å². The predicted molar refractivity (Wildman–Crippen MR) is 334 cm³/mol. The maximum Gasteiger partial charge on any atom is 0.113 e. The summed E-state index contributed by atoms with van der Waals surface area (Å²) in [4.78, 5) is 5.41. The van der Waals surface area contributed by atoms with Gasteiger partial charge in [0.15, 0.2) is 0 Å². The van der Waals surface area contributed by atoms with Crippen LogP contribution in [0, 0.1) is 13.8 Å². The Balaban J connectivity index is 1.16. The van der Waals surface area contributed by atoms with Crippen molar-refractivity contribution in [2.45, 2.75) is 181 Å². The van der Waals surface area contributed by atoms with Gasteiger partial charge in [-0.15, -0.1) is 22.7 Å². The number of thiophene rings is 2. The average Bonchev–Trinajstić information content (AvgIpc) is 4.32. The molecule has 0 bridgehead atoms. The van der Waals surface area contributed by atoms with Crippen LogP contribution in [0.25, 0.3) is 42.4 Å². The second kappa shape index (κ2) is 23.9. The van der Waals surface area contributed by atoms with Gasteiger partial charge >= 0.3 is 0 Å². The highest BCUT2D eigenvalue weighted by molar-refractivity contribution is 7.19. The van der Waals surface area contributed by atoms with E-state index in [0.29, 0.717) is 0 Å². The molecule has 77 heavy (non-hydrogen) atoms. The number of aromatic nitrogens is 2. The largest absolute Gasteiger partial charge is 0.173 e. The maximum atomic E-state index is 4.98. The normalized spacial score (nSPS) is 13.8. The zero-order chi connectivity index (χ0) is 52.9. The summed E-state index contributed by atoms with van der Waals surface area (Å²) in [5, 5.41) is 0. The second-order valence-corrected chi connectivity index (χ2v) is 25.7. The predicted octanol–water partition coefficient (Wildman–Crippen LogP) is 21.3. The van der Waals surface area contributed by atoms with Crippen LogP contribution in [0.1, 0.15) is 208 Å². The topological polar surface area (TPSA) is 25.8 Å². The van der Waals surface area contributed by atoms with Crippen LogP contribution in [0.15, 0.2) is 133 Å². The van der Waals surface area contributed by atoms with Crippen LogP contribution >= 0.6 is 34.4 Å². The average molecular weight is 1070 g/mol. The molecule has 3 heterocycles. The molecular weight excluding hydrogens is 989 g/mol. The van der Waals surface area contributed by atoms with Crippen LogP contribution in [0.4, 0.5) is 0 Å². The minimum absolute atomic E-state index is 0.494. The van der Waals surface area contributed by atoms with Crippen molar-refractivity contribution < 1.29 is 0 Å². The highest BCUT2D eigenvalue weighted by Crippen LogP contribution is 2.65. The third-order valence-electron chi connectivity index (χ3n) is 17.6. The molecule has 2 aliphatic carbocycles. The van der Waals surface area contributed by atoms with Gasteiger partial charge in [0.05, 0.1) is 22.6 Å². The molecule has 396 valence electrons. The van der Waals surface area contributed by atoms with Crippen molar-refractivity contribution in [3.8, 4) is 31.3 Å². The molecule has 2 nitrogen and oxygen atoms in total. The van der Waals surface area contributed by atoms with E-state index in [1.807, 2.05) is 22.7 Å². The van der Waals surface area contributed by atoms with Crippen LogP contribution in [0.2, 0.25) is 0 Å². The first-order chi connectivity index (χ1) is 37.8. The lowest BCUT2D eigenvalue weighted by atomic mass is 9.65. The fourth-order valence-electron chi connectivity index (χ4n) is 13.4. The Labute approximate surface area is 473 Å². The summed E-state index contributed by atoms with van der Waals surface area (Å²) in [6, 6.07) is 54.8. The molecule has 0 atom stereocenters. The van der Waals surface area contributed by atoms with E-state index >= 15 is 0 Å². The summed E-state index contributed by atoms with van der Waals surface area (Å²) in [5.74, 6) is 0. The lowest BCUT2D eigenvalue weighted by molar-refractivity contribution is 0.666. The van der Waals surface area contributed by atoms with Crippen LogP contribution in [0.5, 0.6) is 0 Å². The Kier molecular flexibility index (Phi) is 16.6. The molecule has 0 N–H and O–H groups in total. The Morgan fingerprint density at radius 3 is 1.13 bits per heavy atom. The van der Waals surface area contributed by atoms with Crippen LogP contribution in [-0.2, 0) is 36.5 Å². The summed E-state index contributed by atoms with van der Waals surface area (Å²) in [6.07, 6.45) is 24.8. The van der Waals surface area contributed by atoms with E-state index in [1.54, 1.807) is 0 Å². The fourth-order valence-corrected chi connectivity index (χ4v) is 16.3. The van der Waals surface area contributed by atoms with Gasteiger partial charge in [0.1, 0.15) is 11.0 Å². The number of aryl methyl sites for hydroxylation is 6. The lowest BCUT2D eigenvalue weighted by Gasteiger charge is -2.35. The molecule has 0 amide bonds. The third kappa shape index (κ3) is 10.1. The Morgan fingerprint density at radius 2 is 0.727 bits per heavy atom. The standard InChI is InChI=1S/C72H80N2S3/c1-7-11-15-19-23-51-28-36-55(37-29-51)71(56-38-30-52(31-39-56)24-20-16-12-8-2)62-47-61-63(46-60(62)69-64(71)45-50(6)75-69)72(57-40-32-53(33-41-57)25-21-17-13-9-3,58-42-34-54(35-43-58)26-22-18-14-10-4)65-48-66(76-70(61)65)59-44-27-49(5)67-68(59)74-77-73-67/h27-48H,7-26H2,1-6H3. The SMILES string of the molecule is CCCCCCc1ccc(C2(c3ccc(CCCCCC)cc3)c3cc4c(cc3-c3sc(C)cc32)C(c2ccc(CCCCCC)cc2)(c2ccc(CCCCCC)cc2)c2cc(-c3ccc(C)c5nsnc35)sc2-4)cc1. The third-order valence-corrected chi connectivity index (χ3v) is 20.4. The zero-order valence-electron chi connectivity index (χ0n) is 47.0. The smallest absolute Gasteiger partial charge is 0.113 e. The number of benzene rings is 6. The molecule has 9 aromatic rings. The van der Waals surface area contributed by atoms with E-state index in [2.05, 4.69) is 175 Å². The number of fused-ring (bicyclic) bond motifs is 7. The fraction of sp³-hybridized carbons (Fsp3) is 0.389. The molecule has 3 aromatic heterocycles. The van der Waals surface area contributed by atoms with Crippen molar-refractivity contribution in [1.29, 1.82) is 0 Å². The summed E-state index contributed by atoms with van der Waals surface area (Å²) in [7, 11) is 0. The van der Waals surface area contributed by atoms with E-state index in [9.17, 15) is 0 Å². The van der Waals surface area contributed by atoms with Crippen LogP contribution < -0.4 is 0 Å². The molecule has 0 saturated heterocycles. The number of rotatable bonds is 25. The first kappa shape index (κ1) is 53.5. The summed E-state index contributed by atoms with van der Waals surface area (Å²) in [5.41, 5.74) is 22.8. The van der Waals surface area contributed by atoms with Gasteiger partial charge < -0.3 is 0 Å². The first-order valence-corrected chi connectivity index (χ1v) is 32.2. The molecule has 0 spiro atoms. The number of hydrogen-bond donors (Lipinski definition) is 0. The zero-order valence-corrected chi connectivity index (χ0v) is 49.4. The Hall–Kier alpha value is -5.46. The molecule has 6 aromatic carbocycles. The second-order valence-electron chi connectivity index (χ2n) is 22.8. The van der Waals surface area contributed by atoms with Crippen molar-refractivity contribution in [2.24, 2.45) is 0 Å². The molecule has 11 rings (SSSR count). The molecule has 2 aliphatic rings. The van der Waals surface area contributed by atoms with E-state index in [0.717, 1.165) is 36.7 Å². The van der Waals surface area contributed by atoms with E-state index in [1.165, 1.54) is 223 Å². The van der Waals surface area contributed by atoms with Crippen molar-refractivity contribution >= 4 is 45.4 Å². The molecular formula is C72H80N2S3. The van der Waals surface area contributed by atoms with Crippen LogP contribution in [0.3, 0.4) is 0 Å². The van der Waals surface area contributed by atoms with Gasteiger partial charge in [-0.1, -0.05) is 214 Å². The van der Waals surface area contributed by atoms with Gasteiger partial charge in [-0.25, -0.2) is 0 Å². The van der Waals surface area contributed by atoms with Gasteiger partial charge in [-0.05, 0) is 173 Å². The quantitative estimate of drug-likeness (QED) is 0.0533. The Bertz CT molecular complexity index is 3310. The van der Waals surface area contributed by atoms with Gasteiger partial charge in [0, 0.05) is 25.1 Å². The number of unbranched alkanes of at least 4 members (excludes halogenated alkanes) is 12. The van der Waals surface area contributed by atoms with Gasteiger partial charge in [-0.3, -0.25) is 0 Å². The summed E-state index contributed by atoms with van der Waals surface area (Å²) >= 11 is 5.28. The number of hydrogen-bond acceptors (Lipinski definition) is 5. The van der Waals surface area contributed by atoms with Crippen molar-refractivity contribution in [1.82, 2.24) is 8.75 Å². The number of nitrogens with zero attached hydrogens (tertiary/aromatic N) is 2. The maximum absolute atomic E-state index is 4.98. The lowest BCUT2D eigenvalue weighted by Crippen LogP contribution is -2.30. The van der Waals surface area contributed by atoms with Crippen molar-refractivity contribution in [3.63, 3.8) is 0 Å². The first-order valence-electron chi connectivity index (χ1n) is 29.9. The van der Waals surface area contributed by atoms with E-state index < -0.39 is 10.8 Å². The Morgan fingerprint density at radius 1 is 0.351 bits per heavy atom. The van der Waals surface area contributed by atoms with Crippen molar-refractivity contribution in [2.75, 3.05) is 0 Å². The van der Waals surface area contributed by atoms with E-state index in [-0.39, 0.29) is 0 Å². The molecule has 0 saturated carbocycles. The molecule has 0 aliphatic heterocycles. The minimum Gasteiger partial charge on any atom is -0.173 e. The molecule has 0 fully saturated rings. The molecule has 5 heteroatoms. The monoisotopic (exact) mass is 1070 g/mol. The molecule has 0 unspecified atom stereocenters. The highest BCUT2D eigenvalue weighted by atomic mass is 32.1. The molecule has 0 radical (unpaired) electrons. The van der Waals surface area contributed by atoms with E-state index in [4.69, 9.17) is 8.75 Å². The summed E-state index contributed by atoms with van der Waals surface area (Å²) < 4.78 is 9.82. The van der Waals surface area contributed by atoms with Gasteiger partial charge in [-0.2, -0.15) is 8.75 Å². The van der Waals surface area contributed by atoms with Crippen LogP contribution in [-0.4, -0.2) is 8.75 Å².